The van der Waals surface area contributed by atoms with Gasteiger partial charge in [-0.2, -0.15) is 13.2 Å². The highest BCUT2D eigenvalue weighted by molar-refractivity contribution is 5.80. The number of hydrogen-bond donors (Lipinski definition) is 0. The molecule has 0 saturated carbocycles. The van der Waals surface area contributed by atoms with Gasteiger partial charge in [0, 0.05) is 6.07 Å². The second kappa shape index (κ2) is 8.48. The highest BCUT2D eigenvalue weighted by atomic mass is 19.4. The molecular formula is C21H16F3O6-. The first kappa shape index (κ1) is 21.2. The van der Waals surface area contributed by atoms with Crippen molar-refractivity contribution >= 4 is 16.9 Å². The Morgan fingerprint density at radius 3 is 2.37 bits per heavy atom. The van der Waals surface area contributed by atoms with Crippen LogP contribution in [0.2, 0.25) is 0 Å². The van der Waals surface area contributed by atoms with Crippen LogP contribution in [-0.2, 0) is 17.4 Å². The molecule has 0 saturated heterocycles. The van der Waals surface area contributed by atoms with E-state index in [0.717, 1.165) is 24.5 Å². The monoisotopic (exact) mass is 421 g/mol. The molecule has 1 aromatic heterocycles. The number of carbonyl (C=O) groups excluding carboxylic acids is 1. The molecule has 30 heavy (non-hydrogen) atoms. The van der Waals surface area contributed by atoms with E-state index in [1.165, 1.54) is 24.3 Å². The zero-order valence-corrected chi connectivity index (χ0v) is 15.7. The average molecular weight is 421 g/mol. The van der Waals surface area contributed by atoms with Gasteiger partial charge < -0.3 is 23.8 Å². The Hall–Kier alpha value is -3.49. The predicted molar refractivity (Wildman–Crippen MR) is 98.5 cm³/mol. The van der Waals surface area contributed by atoms with E-state index >= 15 is 0 Å². The predicted octanol–water partition coefficient (Wildman–Crippen LogP) is 3.69. The normalized spacial score (nSPS) is 11.5. The van der Waals surface area contributed by atoms with Crippen LogP contribution in [0.25, 0.3) is 11.0 Å². The van der Waals surface area contributed by atoms with Gasteiger partial charge in [0.2, 0.25) is 11.2 Å². The smallest absolute Gasteiger partial charge is 0.453 e. The lowest BCUT2D eigenvalue weighted by Gasteiger charge is -2.14. The highest BCUT2D eigenvalue weighted by Crippen LogP contribution is 2.38. The van der Waals surface area contributed by atoms with Gasteiger partial charge in [-0.15, -0.1) is 0 Å². The van der Waals surface area contributed by atoms with Crippen molar-refractivity contribution in [3.05, 3.63) is 64.0 Å². The van der Waals surface area contributed by atoms with E-state index in [1.54, 1.807) is 12.1 Å². The number of rotatable bonds is 7. The molecular weight excluding hydrogens is 405 g/mol. The van der Waals surface area contributed by atoms with Crippen LogP contribution < -0.4 is 20.0 Å². The number of aryl methyl sites for hydroxylation is 1. The Kier molecular flexibility index (Phi) is 6.00. The minimum Gasteiger partial charge on any atom is -0.546 e. The third-order valence-corrected chi connectivity index (χ3v) is 4.12. The summed E-state index contributed by atoms with van der Waals surface area (Å²) in [6, 6.07) is 9.77. The Morgan fingerprint density at radius 1 is 1.10 bits per heavy atom. The van der Waals surface area contributed by atoms with Crippen LogP contribution in [-0.4, -0.2) is 12.6 Å². The number of benzene rings is 2. The first-order valence-corrected chi connectivity index (χ1v) is 8.96. The standard InChI is InChI=1S/C21H17F3O6/c1-2-3-12-4-6-13(7-5-12)29-19-18(27)15-9-8-14(28-11-17(25)26)10-16(15)30-20(19)21(22,23)24/h4-10H,2-3,11H2,1H3,(H,25,26)/p-1. The van der Waals surface area contributed by atoms with Crippen molar-refractivity contribution in [2.45, 2.75) is 25.9 Å². The fourth-order valence-corrected chi connectivity index (χ4v) is 2.80. The first-order chi connectivity index (χ1) is 14.2. The number of ether oxygens (including phenoxy) is 2. The van der Waals surface area contributed by atoms with E-state index in [1.807, 2.05) is 6.92 Å². The third-order valence-electron chi connectivity index (χ3n) is 4.12. The van der Waals surface area contributed by atoms with E-state index in [-0.39, 0.29) is 16.9 Å². The molecule has 0 unspecified atom stereocenters. The van der Waals surface area contributed by atoms with Crippen molar-refractivity contribution in [3.63, 3.8) is 0 Å². The summed E-state index contributed by atoms with van der Waals surface area (Å²) in [5, 5.41) is 10.3. The van der Waals surface area contributed by atoms with Crippen molar-refractivity contribution in [1.29, 1.82) is 0 Å². The second-order valence-corrected chi connectivity index (χ2v) is 6.40. The maximum atomic E-state index is 13.5. The Bertz CT molecular complexity index is 1120. The molecule has 158 valence electrons. The van der Waals surface area contributed by atoms with Crippen LogP contribution >= 0.6 is 0 Å². The Balaban J connectivity index is 2.06. The minimum atomic E-state index is -5.01. The Morgan fingerprint density at radius 2 is 1.77 bits per heavy atom. The van der Waals surface area contributed by atoms with E-state index in [2.05, 4.69) is 0 Å². The maximum absolute atomic E-state index is 13.5. The number of fused-ring (bicyclic) bond motifs is 1. The van der Waals surface area contributed by atoms with E-state index in [0.29, 0.717) is 0 Å². The summed E-state index contributed by atoms with van der Waals surface area (Å²) in [5.41, 5.74) is -0.461. The van der Waals surface area contributed by atoms with Crippen molar-refractivity contribution in [2.24, 2.45) is 0 Å². The summed E-state index contributed by atoms with van der Waals surface area (Å²) in [7, 11) is 0. The molecule has 0 spiro atoms. The minimum absolute atomic E-state index is 0.0564. The first-order valence-electron chi connectivity index (χ1n) is 8.96. The molecule has 0 atom stereocenters. The number of hydrogen-bond acceptors (Lipinski definition) is 6. The molecule has 0 amide bonds. The molecule has 0 bridgehead atoms. The van der Waals surface area contributed by atoms with Crippen LogP contribution in [0.15, 0.2) is 51.7 Å². The summed E-state index contributed by atoms with van der Waals surface area (Å²) in [6.07, 6.45) is -3.30. The lowest BCUT2D eigenvalue weighted by atomic mass is 10.1. The zero-order valence-electron chi connectivity index (χ0n) is 15.7. The maximum Gasteiger partial charge on any atom is 0.453 e. The van der Waals surface area contributed by atoms with Crippen molar-refractivity contribution < 1.29 is 37.0 Å². The van der Waals surface area contributed by atoms with E-state index < -0.39 is 41.3 Å². The molecule has 3 rings (SSSR count). The van der Waals surface area contributed by atoms with Gasteiger partial charge in [-0.3, -0.25) is 4.79 Å². The molecule has 1 heterocycles. The number of carbonyl (C=O) groups is 1. The molecule has 3 aromatic rings. The highest BCUT2D eigenvalue weighted by Gasteiger charge is 2.40. The molecule has 9 heteroatoms. The number of carboxylic acids is 1. The van der Waals surface area contributed by atoms with Gasteiger partial charge in [-0.25, -0.2) is 0 Å². The van der Waals surface area contributed by atoms with Crippen LogP contribution in [0.4, 0.5) is 13.2 Å². The average Bonchev–Trinajstić information content (AvgIpc) is 2.69. The largest absolute Gasteiger partial charge is 0.546 e. The van der Waals surface area contributed by atoms with Gasteiger partial charge in [0.1, 0.15) is 23.7 Å². The van der Waals surface area contributed by atoms with Crippen LogP contribution in [0, 0.1) is 0 Å². The Labute approximate surface area is 168 Å². The summed E-state index contributed by atoms with van der Waals surface area (Å²) < 4.78 is 55.7. The molecule has 0 radical (unpaired) electrons. The SMILES string of the molecule is CCCc1ccc(Oc2c(C(F)(F)F)oc3cc(OCC(=O)[O-])ccc3c2=O)cc1. The van der Waals surface area contributed by atoms with Crippen LogP contribution in [0.3, 0.4) is 0 Å². The third kappa shape index (κ3) is 4.73. The lowest BCUT2D eigenvalue weighted by molar-refractivity contribution is -0.307. The number of aliphatic carboxylic acids is 1. The molecule has 0 N–H and O–H groups in total. The zero-order chi connectivity index (χ0) is 21.9. The number of halogens is 3. The molecule has 0 aliphatic rings. The number of alkyl halides is 3. The fourth-order valence-electron chi connectivity index (χ4n) is 2.80. The molecule has 6 nitrogen and oxygen atoms in total. The number of carboxylic acid groups (broad SMARTS) is 1. The van der Waals surface area contributed by atoms with Gasteiger partial charge in [-0.05, 0) is 36.2 Å². The summed E-state index contributed by atoms with van der Waals surface area (Å²) in [4.78, 5) is 23.2. The van der Waals surface area contributed by atoms with Crippen molar-refractivity contribution in [1.82, 2.24) is 0 Å². The quantitative estimate of drug-likeness (QED) is 0.578. The fraction of sp³-hybridized carbons (Fsp3) is 0.238. The molecule has 0 aliphatic heterocycles. The van der Waals surface area contributed by atoms with Gasteiger partial charge in [-0.1, -0.05) is 25.5 Å². The summed E-state index contributed by atoms with van der Waals surface area (Å²) in [5.74, 6) is -4.14. The van der Waals surface area contributed by atoms with Crippen molar-refractivity contribution in [2.75, 3.05) is 6.61 Å². The van der Waals surface area contributed by atoms with E-state index in [4.69, 9.17) is 13.9 Å². The van der Waals surface area contributed by atoms with Gasteiger partial charge in [0.05, 0.1) is 11.4 Å². The van der Waals surface area contributed by atoms with Gasteiger partial charge in [0.25, 0.3) is 5.76 Å². The summed E-state index contributed by atoms with van der Waals surface area (Å²) >= 11 is 0. The molecule has 0 fully saturated rings. The van der Waals surface area contributed by atoms with Gasteiger partial charge in [0.15, 0.2) is 0 Å². The van der Waals surface area contributed by atoms with Crippen LogP contribution in [0.1, 0.15) is 24.7 Å². The topological polar surface area (TPSA) is 88.8 Å². The summed E-state index contributed by atoms with van der Waals surface area (Å²) in [6.45, 7) is 1.19. The van der Waals surface area contributed by atoms with Crippen LogP contribution in [0.5, 0.6) is 17.2 Å². The second-order valence-electron chi connectivity index (χ2n) is 6.40. The van der Waals surface area contributed by atoms with Gasteiger partial charge >= 0.3 is 6.18 Å². The molecule has 0 aliphatic carbocycles. The van der Waals surface area contributed by atoms with Crippen molar-refractivity contribution in [3.8, 4) is 17.2 Å². The lowest BCUT2D eigenvalue weighted by Crippen LogP contribution is -2.28. The molecule has 2 aromatic carbocycles. The van der Waals surface area contributed by atoms with E-state index in [9.17, 15) is 27.9 Å².